The number of carbonyl (C=O) groups is 2. The number of carbonyl (C=O) groups excluding carboxylic acids is 2. The van der Waals surface area contributed by atoms with E-state index >= 15 is 0 Å². The van der Waals surface area contributed by atoms with Crippen LogP contribution < -0.4 is 19.5 Å². The lowest BCUT2D eigenvalue weighted by Crippen LogP contribution is -2.20. The third-order valence-electron chi connectivity index (χ3n) is 4.18. The molecule has 1 aliphatic heterocycles. The molecule has 0 atom stereocenters. The van der Waals surface area contributed by atoms with Crippen molar-refractivity contribution in [2.75, 3.05) is 19.0 Å². The van der Waals surface area contributed by atoms with Crippen LogP contribution in [0.5, 0.6) is 17.2 Å². The van der Waals surface area contributed by atoms with Crippen LogP contribution in [-0.4, -0.2) is 25.4 Å². The van der Waals surface area contributed by atoms with Gasteiger partial charge < -0.3 is 23.9 Å². The van der Waals surface area contributed by atoms with E-state index in [9.17, 15) is 9.59 Å². The lowest BCUT2D eigenvalue weighted by molar-refractivity contribution is -0.118. The summed E-state index contributed by atoms with van der Waals surface area (Å²) >= 11 is 0. The maximum absolute atomic E-state index is 12.4. The first kappa shape index (κ1) is 18.4. The van der Waals surface area contributed by atoms with Crippen molar-refractivity contribution in [1.82, 2.24) is 0 Å². The molecule has 1 amide bonds. The van der Waals surface area contributed by atoms with E-state index in [0.29, 0.717) is 34.3 Å². The molecule has 1 aliphatic rings. The zero-order chi connectivity index (χ0) is 20.2. The standard InChI is InChI=1S/C22H17NO6/c1-26-15-5-2-4-14(10-15)23-21(24)13-28-17-7-8-18-19(11-17)29-20(22(18)25)12-16-6-3-9-27-16/h2-12H,13H2,1H3,(H,23,24). The Hall–Kier alpha value is -4.00. The number of rotatable bonds is 6. The number of benzene rings is 2. The largest absolute Gasteiger partial charge is 0.497 e. The highest BCUT2D eigenvalue weighted by Crippen LogP contribution is 2.34. The average molecular weight is 391 g/mol. The summed E-state index contributed by atoms with van der Waals surface area (Å²) in [5, 5.41) is 2.73. The number of furan rings is 1. The topological polar surface area (TPSA) is 87.0 Å². The van der Waals surface area contributed by atoms with Gasteiger partial charge in [0.05, 0.1) is 18.9 Å². The fourth-order valence-electron chi connectivity index (χ4n) is 2.81. The van der Waals surface area contributed by atoms with Gasteiger partial charge in [-0.25, -0.2) is 0 Å². The molecule has 1 N–H and O–H groups in total. The van der Waals surface area contributed by atoms with E-state index in [1.807, 2.05) is 0 Å². The van der Waals surface area contributed by atoms with Gasteiger partial charge in [0.25, 0.3) is 5.91 Å². The van der Waals surface area contributed by atoms with Crippen LogP contribution in [0.15, 0.2) is 71.0 Å². The number of hydrogen-bond donors (Lipinski definition) is 1. The fraction of sp³-hybridized carbons (Fsp3) is 0.0909. The molecule has 0 unspecified atom stereocenters. The van der Waals surface area contributed by atoms with Crippen molar-refractivity contribution in [2.24, 2.45) is 0 Å². The molecule has 2 heterocycles. The number of hydrogen-bond acceptors (Lipinski definition) is 6. The van der Waals surface area contributed by atoms with Crippen LogP contribution in [0.25, 0.3) is 6.08 Å². The average Bonchev–Trinajstić information content (AvgIpc) is 3.35. The number of ether oxygens (including phenoxy) is 3. The molecule has 0 bridgehead atoms. The smallest absolute Gasteiger partial charge is 0.262 e. The Kier molecular flexibility index (Phi) is 5.03. The molecule has 3 aromatic rings. The van der Waals surface area contributed by atoms with E-state index in [1.54, 1.807) is 61.7 Å². The summed E-state index contributed by atoms with van der Waals surface area (Å²) < 4.78 is 21.5. The van der Waals surface area contributed by atoms with Gasteiger partial charge >= 0.3 is 0 Å². The van der Waals surface area contributed by atoms with Gasteiger partial charge in [0.15, 0.2) is 12.4 Å². The SMILES string of the molecule is COc1cccc(NC(=O)COc2ccc3c(c2)OC(=Cc2ccco2)C3=O)c1. The maximum atomic E-state index is 12.4. The monoisotopic (exact) mass is 391 g/mol. The predicted octanol–water partition coefficient (Wildman–Crippen LogP) is 3.92. The van der Waals surface area contributed by atoms with Gasteiger partial charge in [0.1, 0.15) is 23.0 Å². The van der Waals surface area contributed by atoms with E-state index in [2.05, 4.69) is 5.32 Å². The van der Waals surface area contributed by atoms with E-state index in [0.717, 1.165) is 0 Å². The molecule has 4 rings (SSSR count). The highest BCUT2D eigenvalue weighted by atomic mass is 16.5. The molecule has 29 heavy (non-hydrogen) atoms. The maximum Gasteiger partial charge on any atom is 0.262 e. The fourth-order valence-corrected chi connectivity index (χ4v) is 2.81. The van der Waals surface area contributed by atoms with E-state index in [4.69, 9.17) is 18.6 Å². The number of allylic oxidation sites excluding steroid dienone is 1. The number of nitrogens with one attached hydrogen (secondary N) is 1. The number of ketones is 1. The molecule has 0 saturated carbocycles. The highest BCUT2D eigenvalue weighted by molar-refractivity contribution is 6.14. The number of fused-ring (bicyclic) bond motifs is 1. The summed E-state index contributed by atoms with van der Waals surface area (Å²) in [5.41, 5.74) is 1.03. The predicted molar refractivity (Wildman–Crippen MR) is 105 cm³/mol. The first-order chi connectivity index (χ1) is 14.1. The first-order valence-corrected chi connectivity index (χ1v) is 8.81. The molecular formula is C22H17NO6. The van der Waals surface area contributed by atoms with Gasteiger partial charge in [-0.2, -0.15) is 0 Å². The third-order valence-corrected chi connectivity index (χ3v) is 4.18. The normalized spacial score (nSPS) is 13.7. The van der Waals surface area contributed by atoms with Crippen molar-refractivity contribution in [3.05, 3.63) is 77.9 Å². The summed E-state index contributed by atoms with van der Waals surface area (Å²) in [6.07, 6.45) is 3.05. The Morgan fingerprint density at radius 1 is 1.10 bits per heavy atom. The Morgan fingerprint density at radius 3 is 2.79 bits per heavy atom. The van der Waals surface area contributed by atoms with Crippen LogP contribution in [0.3, 0.4) is 0 Å². The zero-order valence-electron chi connectivity index (χ0n) is 15.5. The molecule has 1 aromatic heterocycles. The summed E-state index contributed by atoms with van der Waals surface area (Å²) in [6.45, 7) is -0.195. The molecule has 0 saturated heterocycles. The molecule has 0 spiro atoms. The molecule has 0 aliphatic carbocycles. The first-order valence-electron chi connectivity index (χ1n) is 8.81. The molecule has 7 nitrogen and oxygen atoms in total. The lowest BCUT2D eigenvalue weighted by Gasteiger charge is -2.09. The van der Waals surface area contributed by atoms with Crippen LogP contribution in [0.1, 0.15) is 16.1 Å². The van der Waals surface area contributed by atoms with Crippen LogP contribution in [0.4, 0.5) is 5.69 Å². The van der Waals surface area contributed by atoms with Gasteiger partial charge in [-0.05, 0) is 36.4 Å². The van der Waals surface area contributed by atoms with Gasteiger partial charge in [-0.3, -0.25) is 9.59 Å². The molecule has 0 radical (unpaired) electrons. The van der Waals surface area contributed by atoms with Gasteiger partial charge in [-0.1, -0.05) is 6.07 Å². The summed E-state index contributed by atoms with van der Waals surface area (Å²) in [7, 11) is 1.56. The minimum Gasteiger partial charge on any atom is -0.497 e. The van der Waals surface area contributed by atoms with Crippen molar-refractivity contribution >= 4 is 23.5 Å². The molecular weight excluding hydrogens is 374 g/mol. The van der Waals surface area contributed by atoms with Gasteiger partial charge in [0, 0.05) is 23.9 Å². The second-order valence-electron chi connectivity index (χ2n) is 6.18. The third kappa shape index (κ3) is 4.14. The molecule has 0 fully saturated rings. The van der Waals surface area contributed by atoms with Crippen molar-refractivity contribution in [2.45, 2.75) is 0 Å². The van der Waals surface area contributed by atoms with Crippen LogP contribution in [-0.2, 0) is 4.79 Å². The highest BCUT2D eigenvalue weighted by Gasteiger charge is 2.28. The summed E-state index contributed by atoms with van der Waals surface area (Å²) in [5.74, 6) is 1.56. The zero-order valence-corrected chi connectivity index (χ0v) is 15.5. The number of Topliss-reactive ketones (excluding diaryl/α,β-unsaturated/α-hetero) is 1. The molecule has 2 aromatic carbocycles. The Morgan fingerprint density at radius 2 is 2.00 bits per heavy atom. The summed E-state index contributed by atoms with van der Waals surface area (Å²) in [6, 6.07) is 15.3. The van der Waals surface area contributed by atoms with Crippen LogP contribution in [0.2, 0.25) is 0 Å². The Balaban J connectivity index is 1.39. The number of methoxy groups -OCH3 is 1. The second kappa shape index (κ2) is 7.93. The van der Waals surface area contributed by atoms with Crippen molar-refractivity contribution < 1.29 is 28.2 Å². The van der Waals surface area contributed by atoms with Crippen LogP contribution >= 0.6 is 0 Å². The lowest BCUT2D eigenvalue weighted by atomic mass is 10.1. The van der Waals surface area contributed by atoms with E-state index in [-0.39, 0.29) is 24.1 Å². The van der Waals surface area contributed by atoms with Gasteiger partial charge in [0.2, 0.25) is 5.78 Å². The quantitative estimate of drug-likeness (QED) is 0.641. The Labute approximate surface area is 166 Å². The minimum atomic E-state index is -0.325. The van der Waals surface area contributed by atoms with Crippen molar-refractivity contribution in [3.8, 4) is 17.2 Å². The molecule has 146 valence electrons. The van der Waals surface area contributed by atoms with Gasteiger partial charge in [-0.15, -0.1) is 0 Å². The number of amides is 1. The van der Waals surface area contributed by atoms with Crippen molar-refractivity contribution in [1.29, 1.82) is 0 Å². The second-order valence-corrected chi connectivity index (χ2v) is 6.18. The summed E-state index contributed by atoms with van der Waals surface area (Å²) in [4.78, 5) is 24.5. The Bertz CT molecular complexity index is 1080. The number of anilines is 1. The van der Waals surface area contributed by atoms with E-state index in [1.165, 1.54) is 12.3 Å². The van der Waals surface area contributed by atoms with Crippen molar-refractivity contribution in [3.63, 3.8) is 0 Å². The van der Waals surface area contributed by atoms with E-state index < -0.39 is 0 Å². The van der Waals surface area contributed by atoms with Crippen LogP contribution in [0, 0.1) is 0 Å². The molecule has 7 heteroatoms. The minimum absolute atomic E-state index is 0.169.